The first-order valence-corrected chi connectivity index (χ1v) is 6.66. The highest BCUT2D eigenvalue weighted by atomic mass is 16.5. The maximum Gasteiger partial charge on any atom is 0.234 e. The summed E-state index contributed by atoms with van der Waals surface area (Å²) >= 11 is 0. The predicted octanol–water partition coefficient (Wildman–Crippen LogP) is -0.157. The monoisotopic (exact) mass is 273 g/mol. The first kappa shape index (κ1) is 17.9. The number of ether oxygens (including phenoxy) is 1. The summed E-state index contributed by atoms with van der Waals surface area (Å²) in [7, 11) is 3.38. The van der Waals surface area contributed by atoms with Gasteiger partial charge in [-0.3, -0.25) is 14.5 Å². The average Bonchev–Trinajstić information content (AvgIpc) is 2.32. The number of carbonyl (C=O) groups is 2. The van der Waals surface area contributed by atoms with Gasteiger partial charge >= 0.3 is 0 Å². The van der Waals surface area contributed by atoms with Crippen LogP contribution in [0.15, 0.2) is 0 Å². The molecule has 0 rings (SSSR count). The molecule has 0 aromatic heterocycles. The van der Waals surface area contributed by atoms with Crippen molar-refractivity contribution >= 4 is 11.8 Å². The van der Waals surface area contributed by atoms with Crippen LogP contribution in [0, 0.1) is 5.92 Å². The van der Waals surface area contributed by atoms with E-state index in [1.165, 1.54) is 0 Å². The summed E-state index contributed by atoms with van der Waals surface area (Å²) in [5.74, 6) is 0.303. The van der Waals surface area contributed by atoms with Crippen molar-refractivity contribution in [1.82, 2.24) is 15.5 Å². The quantitative estimate of drug-likeness (QED) is 0.543. The first-order valence-electron chi connectivity index (χ1n) is 6.66. The van der Waals surface area contributed by atoms with Gasteiger partial charge < -0.3 is 15.4 Å². The van der Waals surface area contributed by atoms with Crippen molar-refractivity contribution in [1.29, 1.82) is 0 Å². The smallest absolute Gasteiger partial charge is 0.234 e. The number of nitrogens with one attached hydrogen (secondary N) is 2. The molecule has 0 aromatic carbocycles. The molecule has 2 N–H and O–H groups in total. The van der Waals surface area contributed by atoms with Crippen LogP contribution in [-0.2, 0) is 14.3 Å². The van der Waals surface area contributed by atoms with Crippen molar-refractivity contribution in [3.05, 3.63) is 0 Å². The number of hydrogen-bond acceptors (Lipinski definition) is 4. The normalized spacial score (nSPS) is 10.8. The summed E-state index contributed by atoms with van der Waals surface area (Å²) in [5.41, 5.74) is 0. The van der Waals surface area contributed by atoms with Crippen LogP contribution in [0.2, 0.25) is 0 Å². The first-order chi connectivity index (χ1) is 8.95. The van der Waals surface area contributed by atoms with Gasteiger partial charge in [-0.05, 0) is 19.4 Å². The lowest BCUT2D eigenvalue weighted by Gasteiger charge is -2.16. The van der Waals surface area contributed by atoms with E-state index in [9.17, 15) is 9.59 Å². The van der Waals surface area contributed by atoms with Crippen molar-refractivity contribution in [3.63, 3.8) is 0 Å². The molecule has 0 aliphatic rings. The molecule has 0 fully saturated rings. The Morgan fingerprint density at radius 2 is 1.74 bits per heavy atom. The van der Waals surface area contributed by atoms with Gasteiger partial charge in [0.25, 0.3) is 0 Å². The third kappa shape index (κ3) is 11.7. The number of carbonyl (C=O) groups excluding carboxylic acids is 2. The molecule has 6 nitrogen and oxygen atoms in total. The van der Waals surface area contributed by atoms with Gasteiger partial charge in [-0.25, -0.2) is 0 Å². The fraction of sp³-hybridized carbons (Fsp3) is 0.846. The molecule has 0 saturated carbocycles. The minimum absolute atomic E-state index is 0.0524. The van der Waals surface area contributed by atoms with Crippen molar-refractivity contribution in [2.75, 3.05) is 46.9 Å². The van der Waals surface area contributed by atoms with Crippen LogP contribution in [0.4, 0.5) is 0 Å². The molecule has 6 heteroatoms. The highest BCUT2D eigenvalue weighted by Crippen LogP contribution is 1.88. The van der Waals surface area contributed by atoms with E-state index in [2.05, 4.69) is 10.6 Å². The van der Waals surface area contributed by atoms with Crippen LogP contribution < -0.4 is 10.6 Å². The van der Waals surface area contributed by atoms with Gasteiger partial charge in [-0.15, -0.1) is 0 Å². The van der Waals surface area contributed by atoms with Gasteiger partial charge in [-0.1, -0.05) is 13.8 Å². The molecule has 2 amide bonds. The fourth-order valence-electron chi connectivity index (χ4n) is 1.42. The molecule has 0 aliphatic carbocycles. The Labute approximate surface area is 115 Å². The zero-order chi connectivity index (χ0) is 14.7. The molecule has 112 valence electrons. The minimum Gasteiger partial charge on any atom is -0.385 e. The fourth-order valence-corrected chi connectivity index (χ4v) is 1.42. The second-order valence-electron chi connectivity index (χ2n) is 5.07. The zero-order valence-electron chi connectivity index (χ0n) is 12.5. The van der Waals surface area contributed by atoms with E-state index in [4.69, 9.17) is 4.74 Å². The number of nitrogens with zero attached hydrogens (tertiary/aromatic N) is 1. The molecule has 0 spiro atoms. The van der Waals surface area contributed by atoms with Gasteiger partial charge in [0, 0.05) is 26.8 Å². The molecular weight excluding hydrogens is 246 g/mol. The molecule has 0 aliphatic heterocycles. The van der Waals surface area contributed by atoms with E-state index in [0.29, 0.717) is 25.6 Å². The molecule has 0 unspecified atom stereocenters. The summed E-state index contributed by atoms with van der Waals surface area (Å²) in [4.78, 5) is 24.8. The molecular formula is C13H27N3O3. The Kier molecular flexibility index (Phi) is 10.1. The number of rotatable bonds is 10. The van der Waals surface area contributed by atoms with Gasteiger partial charge in [-0.2, -0.15) is 0 Å². The van der Waals surface area contributed by atoms with Crippen molar-refractivity contribution in [3.8, 4) is 0 Å². The Hall–Kier alpha value is -1.14. The second-order valence-corrected chi connectivity index (χ2v) is 5.07. The lowest BCUT2D eigenvalue weighted by Crippen LogP contribution is -2.41. The van der Waals surface area contributed by atoms with Crippen LogP contribution >= 0.6 is 0 Å². The van der Waals surface area contributed by atoms with Crippen molar-refractivity contribution in [2.24, 2.45) is 5.92 Å². The number of methoxy groups -OCH3 is 1. The van der Waals surface area contributed by atoms with Gasteiger partial charge in [0.1, 0.15) is 0 Å². The van der Waals surface area contributed by atoms with E-state index in [-0.39, 0.29) is 24.9 Å². The minimum atomic E-state index is -0.0738. The van der Waals surface area contributed by atoms with Gasteiger partial charge in [0.15, 0.2) is 0 Å². The third-order valence-corrected chi connectivity index (χ3v) is 2.38. The third-order valence-electron chi connectivity index (χ3n) is 2.38. The molecule has 0 heterocycles. The molecule has 0 aromatic rings. The van der Waals surface area contributed by atoms with Crippen LogP contribution in [0.1, 0.15) is 20.3 Å². The van der Waals surface area contributed by atoms with Gasteiger partial charge in [0.05, 0.1) is 13.1 Å². The van der Waals surface area contributed by atoms with E-state index in [1.54, 1.807) is 19.1 Å². The average molecular weight is 273 g/mol. The lowest BCUT2D eigenvalue weighted by molar-refractivity contribution is -0.124. The highest BCUT2D eigenvalue weighted by Gasteiger charge is 2.10. The second kappa shape index (κ2) is 10.8. The van der Waals surface area contributed by atoms with Crippen LogP contribution in [0.3, 0.4) is 0 Å². The molecule has 0 bridgehead atoms. The maximum absolute atomic E-state index is 11.5. The Bertz CT molecular complexity index is 270. The summed E-state index contributed by atoms with van der Waals surface area (Å²) < 4.78 is 4.89. The van der Waals surface area contributed by atoms with Crippen molar-refractivity contribution in [2.45, 2.75) is 20.3 Å². The zero-order valence-corrected chi connectivity index (χ0v) is 12.5. The van der Waals surface area contributed by atoms with E-state index < -0.39 is 0 Å². The van der Waals surface area contributed by atoms with Crippen molar-refractivity contribution < 1.29 is 14.3 Å². The van der Waals surface area contributed by atoms with E-state index >= 15 is 0 Å². The van der Waals surface area contributed by atoms with Crippen LogP contribution in [-0.4, -0.2) is 63.7 Å². The predicted molar refractivity (Wildman–Crippen MR) is 74.8 cm³/mol. The largest absolute Gasteiger partial charge is 0.385 e. The standard InChI is InChI=1S/C13H27N3O3/c1-11(2)8-15-13(18)10-16(3)9-12(17)14-6-5-7-19-4/h11H,5-10H2,1-4H3,(H,14,17)(H,15,18). The topological polar surface area (TPSA) is 70.7 Å². The van der Waals surface area contributed by atoms with E-state index in [0.717, 1.165) is 6.42 Å². The van der Waals surface area contributed by atoms with Gasteiger partial charge in [0.2, 0.25) is 11.8 Å². The molecule has 0 radical (unpaired) electrons. The summed E-state index contributed by atoms with van der Waals surface area (Å²) in [6.07, 6.45) is 0.792. The molecule has 0 atom stereocenters. The highest BCUT2D eigenvalue weighted by molar-refractivity contribution is 5.81. The summed E-state index contributed by atoms with van der Waals surface area (Å²) in [5, 5.41) is 5.60. The Morgan fingerprint density at radius 3 is 2.26 bits per heavy atom. The SMILES string of the molecule is COCCCNC(=O)CN(C)CC(=O)NCC(C)C. The Balaban J connectivity index is 3.68. The molecule has 0 saturated heterocycles. The number of hydrogen-bond donors (Lipinski definition) is 2. The summed E-state index contributed by atoms with van der Waals surface area (Å²) in [6, 6.07) is 0. The Morgan fingerprint density at radius 1 is 1.16 bits per heavy atom. The summed E-state index contributed by atoms with van der Waals surface area (Å²) in [6.45, 7) is 6.43. The lowest BCUT2D eigenvalue weighted by atomic mass is 10.2. The molecule has 19 heavy (non-hydrogen) atoms. The van der Waals surface area contributed by atoms with Crippen LogP contribution in [0.5, 0.6) is 0 Å². The van der Waals surface area contributed by atoms with E-state index in [1.807, 2.05) is 13.8 Å². The van der Waals surface area contributed by atoms with Crippen LogP contribution in [0.25, 0.3) is 0 Å². The number of likely N-dealkylation sites (N-methyl/N-ethyl adjacent to an activating group) is 1. The number of amides is 2. The maximum atomic E-state index is 11.5.